The summed E-state index contributed by atoms with van der Waals surface area (Å²) in [6.45, 7) is 5.86. The number of nitrogens with zero attached hydrogens (tertiary/aromatic N) is 7. The van der Waals surface area contributed by atoms with E-state index in [9.17, 15) is 4.79 Å². The predicted octanol–water partition coefficient (Wildman–Crippen LogP) is 2.00. The van der Waals surface area contributed by atoms with Gasteiger partial charge in [-0.3, -0.25) is 9.78 Å². The summed E-state index contributed by atoms with van der Waals surface area (Å²) in [4.78, 5) is 30.8. The van der Waals surface area contributed by atoms with Crippen molar-refractivity contribution in [2.45, 2.75) is 26.7 Å². The Kier molecular flexibility index (Phi) is 5.46. The molecule has 4 rings (SSSR count). The molecule has 150 valence electrons. The number of likely N-dealkylation sites (tertiary alicyclic amines) is 1. The van der Waals surface area contributed by atoms with Gasteiger partial charge >= 0.3 is 0 Å². The van der Waals surface area contributed by atoms with Crippen molar-refractivity contribution in [3.63, 3.8) is 0 Å². The van der Waals surface area contributed by atoms with Crippen molar-refractivity contribution in [2.24, 2.45) is 5.92 Å². The summed E-state index contributed by atoms with van der Waals surface area (Å²) in [6.07, 6.45) is 7.85. The van der Waals surface area contributed by atoms with Crippen molar-refractivity contribution in [3.05, 3.63) is 54.1 Å². The molecule has 0 saturated carbocycles. The van der Waals surface area contributed by atoms with Crippen LogP contribution < -0.4 is 4.74 Å². The van der Waals surface area contributed by atoms with Crippen LogP contribution in [0, 0.1) is 19.8 Å². The molecule has 1 amide bonds. The molecule has 4 heterocycles. The van der Waals surface area contributed by atoms with Gasteiger partial charge in [-0.15, -0.1) is 0 Å². The summed E-state index contributed by atoms with van der Waals surface area (Å²) in [5, 5.41) is 4.45. The first kappa shape index (κ1) is 19.0. The lowest BCUT2D eigenvalue weighted by atomic mass is 9.97. The van der Waals surface area contributed by atoms with E-state index in [1.165, 1.54) is 18.7 Å². The molecular weight excluding hydrogens is 370 g/mol. The molecule has 0 spiro atoms. The number of carbonyl (C=O) groups is 1. The fourth-order valence-corrected chi connectivity index (χ4v) is 3.46. The van der Waals surface area contributed by atoms with E-state index in [2.05, 4.69) is 25.0 Å². The van der Waals surface area contributed by atoms with Crippen LogP contribution in [0.3, 0.4) is 0 Å². The van der Waals surface area contributed by atoms with Crippen molar-refractivity contribution >= 4 is 5.91 Å². The van der Waals surface area contributed by atoms with E-state index >= 15 is 0 Å². The van der Waals surface area contributed by atoms with Crippen LogP contribution in [0.1, 0.15) is 34.7 Å². The zero-order chi connectivity index (χ0) is 20.2. The van der Waals surface area contributed by atoms with Crippen LogP contribution in [0.2, 0.25) is 0 Å². The normalized spacial score (nSPS) is 14.8. The first-order valence-electron chi connectivity index (χ1n) is 9.64. The number of piperidine rings is 1. The van der Waals surface area contributed by atoms with E-state index in [0.717, 1.165) is 24.2 Å². The van der Waals surface area contributed by atoms with E-state index in [4.69, 9.17) is 4.74 Å². The molecule has 1 aliphatic heterocycles. The van der Waals surface area contributed by atoms with E-state index < -0.39 is 0 Å². The molecule has 0 bridgehead atoms. The first-order valence-corrected chi connectivity index (χ1v) is 9.64. The lowest BCUT2D eigenvalue weighted by molar-refractivity contribution is 0.0653. The maximum atomic E-state index is 12.5. The third-order valence-electron chi connectivity index (χ3n) is 5.01. The summed E-state index contributed by atoms with van der Waals surface area (Å²) in [7, 11) is 0. The van der Waals surface area contributed by atoms with Crippen LogP contribution in [0.5, 0.6) is 5.88 Å². The van der Waals surface area contributed by atoms with Gasteiger partial charge in [0, 0.05) is 37.2 Å². The van der Waals surface area contributed by atoms with E-state index in [1.54, 1.807) is 16.9 Å². The molecule has 0 N–H and O–H groups in total. The smallest absolute Gasteiger partial charge is 0.274 e. The average molecular weight is 393 g/mol. The van der Waals surface area contributed by atoms with Gasteiger partial charge in [-0.05, 0) is 38.7 Å². The quantitative estimate of drug-likeness (QED) is 0.654. The highest BCUT2D eigenvalue weighted by Gasteiger charge is 2.25. The zero-order valence-corrected chi connectivity index (χ0v) is 16.5. The molecule has 0 atom stereocenters. The molecule has 0 unspecified atom stereocenters. The van der Waals surface area contributed by atoms with Crippen molar-refractivity contribution < 1.29 is 9.53 Å². The van der Waals surface area contributed by atoms with Crippen molar-refractivity contribution in [1.82, 2.24) is 34.6 Å². The standard InChI is InChI=1S/C20H23N7O2/c1-14-9-15(2)27(25-14)18-10-19(24-13-23-18)29-12-16-3-7-26(8-4-16)20(28)17-11-21-5-6-22-17/h5-6,9-11,13,16H,3-4,7-8,12H2,1-2H3. The Hall–Kier alpha value is -3.36. The minimum absolute atomic E-state index is 0.0669. The van der Waals surface area contributed by atoms with Crippen LogP contribution in [0.4, 0.5) is 0 Å². The van der Waals surface area contributed by atoms with Crippen LogP contribution in [-0.4, -0.2) is 60.2 Å². The molecule has 1 aliphatic rings. The molecule has 3 aromatic heterocycles. The highest BCUT2D eigenvalue weighted by Crippen LogP contribution is 2.20. The lowest BCUT2D eigenvalue weighted by Gasteiger charge is -2.31. The summed E-state index contributed by atoms with van der Waals surface area (Å²) in [6, 6.07) is 3.80. The molecule has 0 aromatic carbocycles. The maximum absolute atomic E-state index is 12.5. The zero-order valence-electron chi connectivity index (χ0n) is 16.5. The van der Waals surface area contributed by atoms with Gasteiger partial charge in [0.25, 0.3) is 5.91 Å². The van der Waals surface area contributed by atoms with Crippen molar-refractivity contribution in [1.29, 1.82) is 0 Å². The second kappa shape index (κ2) is 8.34. The topological polar surface area (TPSA) is 98.9 Å². The van der Waals surface area contributed by atoms with Gasteiger partial charge in [-0.2, -0.15) is 5.10 Å². The Bertz CT molecular complexity index is 982. The lowest BCUT2D eigenvalue weighted by Crippen LogP contribution is -2.40. The second-order valence-corrected chi connectivity index (χ2v) is 7.19. The van der Waals surface area contributed by atoms with Gasteiger partial charge in [0.1, 0.15) is 12.0 Å². The number of hydrogen-bond donors (Lipinski definition) is 0. The number of ether oxygens (including phenoxy) is 1. The van der Waals surface area contributed by atoms with Crippen LogP contribution >= 0.6 is 0 Å². The Balaban J connectivity index is 1.31. The van der Waals surface area contributed by atoms with Crippen molar-refractivity contribution in [2.75, 3.05) is 19.7 Å². The van der Waals surface area contributed by atoms with Gasteiger partial charge < -0.3 is 9.64 Å². The number of amides is 1. The summed E-state index contributed by atoms with van der Waals surface area (Å²) in [5.41, 5.74) is 2.33. The molecule has 9 nitrogen and oxygen atoms in total. The average Bonchev–Trinajstić information content (AvgIpc) is 3.11. The van der Waals surface area contributed by atoms with Gasteiger partial charge in [0.2, 0.25) is 5.88 Å². The number of aromatic nitrogens is 6. The van der Waals surface area contributed by atoms with Crippen LogP contribution in [0.15, 0.2) is 37.1 Å². The number of carbonyl (C=O) groups excluding carboxylic acids is 1. The largest absolute Gasteiger partial charge is 0.477 e. The maximum Gasteiger partial charge on any atom is 0.274 e. The molecule has 0 radical (unpaired) electrons. The summed E-state index contributed by atoms with van der Waals surface area (Å²) in [5.74, 6) is 1.52. The Morgan fingerprint density at radius 1 is 1.14 bits per heavy atom. The fourth-order valence-electron chi connectivity index (χ4n) is 3.46. The SMILES string of the molecule is Cc1cc(C)n(-c2cc(OCC3CCN(C(=O)c4cnccn4)CC3)ncn2)n1. The number of hydrogen-bond acceptors (Lipinski definition) is 7. The number of aryl methyl sites for hydroxylation is 2. The number of rotatable bonds is 5. The molecule has 1 fully saturated rings. The third-order valence-corrected chi connectivity index (χ3v) is 5.01. The molecule has 9 heteroatoms. The Morgan fingerprint density at radius 2 is 1.97 bits per heavy atom. The summed E-state index contributed by atoms with van der Waals surface area (Å²) >= 11 is 0. The Labute approximate surface area is 168 Å². The molecule has 1 saturated heterocycles. The summed E-state index contributed by atoms with van der Waals surface area (Å²) < 4.78 is 7.69. The van der Waals surface area contributed by atoms with Gasteiger partial charge in [0.15, 0.2) is 5.82 Å². The molecular formula is C20H23N7O2. The van der Waals surface area contributed by atoms with E-state index in [0.29, 0.717) is 43.0 Å². The van der Waals surface area contributed by atoms with Gasteiger partial charge in [-0.25, -0.2) is 19.6 Å². The Morgan fingerprint density at radius 3 is 2.66 bits per heavy atom. The molecule has 3 aromatic rings. The van der Waals surface area contributed by atoms with Crippen LogP contribution in [-0.2, 0) is 0 Å². The first-order chi connectivity index (χ1) is 14.1. The minimum Gasteiger partial charge on any atom is -0.477 e. The predicted molar refractivity (Wildman–Crippen MR) is 105 cm³/mol. The third kappa shape index (κ3) is 4.39. The van der Waals surface area contributed by atoms with Crippen molar-refractivity contribution in [3.8, 4) is 11.7 Å². The van der Waals surface area contributed by atoms with E-state index in [-0.39, 0.29) is 5.91 Å². The van der Waals surface area contributed by atoms with Crippen LogP contribution in [0.25, 0.3) is 5.82 Å². The van der Waals surface area contributed by atoms with E-state index in [1.807, 2.05) is 24.8 Å². The highest BCUT2D eigenvalue weighted by atomic mass is 16.5. The molecule has 0 aliphatic carbocycles. The fraction of sp³-hybridized carbons (Fsp3) is 0.400. The monoisotopic (exact) mass is 393 g/mol. The van der Waals surface area contributed by atoms with Gasteiger partial charge in [0.05, 0.1) is 18.5 Å². The molecule has 29 heavy (non-hydrogen) atoms. The van der Waals surface area contributed by atoms with Gasteiger partial charge in [-0.1, -0.05) is 0 Å². The second-order valence-electron chi connectivity index (χ2n) is 7.19. The highest BCUT2D eigenvalue weighted by molar-refractivity contribution is 5.92. The minimum atomic E-state index is -0.0669.